The van der Waals surface area contributed by atoms with Crippen molar-refractivity contribution in [3.05, 3.63) is 65.5 Å². The second-order valence-corrected chi connectivity index (χ2v) is 7.15. The molecule has 0 spiro atoms. The Labute approximate surface area is 170 Å². The highest BCUT2D eigenvalue weighted by Gasteiger charge is 2.25. The SMILES string of the molecule is COC(=O)c1ccc(CN(C(=O)N2CCCN(C)CC2)c2ccccc2)c(F)c1. The lowest BCUT2D eigenvalue weighted by Gasteiger charge is -2.30. The van der Waals surface area contributed by atoms with Gasteiger partial charge in [0.15, 0.2) is 0 Å². The summed E-state index contributed by atoms with van der Waals surface area (Å²) in [6.07, 6.45) is 0.896. The molecular weight excluding hydrogens is 373 g/mol. The molecule has 2 aromatic rings. The van der Waals surface area contributed by atoms with Gasteiger partial charge in [-0.15, -0.1) is 0 Å². The first kappa shape index (κ1) is 20.8. The first-order chi connectivity index (χ1) is 14.0. The van der Waals surface area contributed by atoms with E-state index in [0.717, 1.165) is 25.6 Å². The number of nitrogens with zero attached hydrogens (tertiary/aromatic N) is 3. The number of para-hydroxylation sites is 1. The van der Waals surface area contributed by atoms with Crippen molar-refractivity contribution in [1.82, 2.24) is 9.80 Å². The van der Waals surface area contributed by atoms with E-state index in [-0.39, 0.29) is 18.1 Å². The van der Waals surface area contributed by atoms with E-state index < -0.39 is 11.8 Å². The van der Waals surface area contributed by atoms with Crippen molar-refractivity contribution in [2.75, 3.05) is 45.2 Å². The van der Waals surface area contributed by atoms with Gasteiger partial charge in [0.2, 0.25) is 0 Å². The van der Waals surface area contributed by atoms with Gasteiger partial charge in [-0.25, -0.2) is 14.0 Å². The molecule has 1 heterocycles. The number of hydrogen-bond acceptors (Lipinski definition) is 4. The van der Waals surface area contributed by atoms with Gasteiger partial charge in [0.25, 0.3) is 0 Å². The van der Waals surface area contributed by atoms with Crippen molar-refractivity contribution in [2.45, 2.75) is 13.0 Å². The number of hydrogen-bond donors (Lipinski definition) is 0. The second kappa shape index (κ2) is 9.52. The smallest absolute Gasteiger partial charge is 0.337 e. The average molecular weight is 399 g/mol. The molecule has 0 N–H and O–H groups in total. The largest absolute Gasteiger partial charge is 0.465 e. The highest BCUT2D eigenvalue weighted by molar-refractivity contribution is 5.92. The van der Waals surface area contributed by atoms with Crippen molar-refractivity contribution in [2.24, 2.45) is 0 Å². The van der Waals surface area contributed by atoms with Crippen LogP contribution in [-0.4, -0.2) is 62.1 Å². The van der Waals surface area contributed by atoms with Gasteiger partial charge in [0.05, 0.1) is 19.2 Å². The van der Waals surface area contributed by atoms with Crippen molar-refractivity contribution in [1.29, 1.82) is 0 Å². The minimum atomic E-state index is -0.597. The fourth-order valence-electron chi connectivity index (χ4n) is 3.38. The molecule has 2 amide bonds. The normalized spacial score (nSPS) is 14.9. The van der Waals surface area contributed by atoms with Crippen LogP contribution in [0.3, 0.4) is 0 Å². The number of methoxy groups -OCH3 is 1. The monoisotopic (exact) mass is 399 g/mol. The number of esters is 1. The summed E-state index contributed by atoms with van der Waals surface area (Å²) in [5.74, 6) is -1.14. The summed E-state index contributed by atoms with van der Waals surface area (Å²) in [6, 6.07) is 13.3. The molecule has 2 aromatic carbocycles. The molecule has 1 saturated heterocycles. The Balaban J connectivity index is 1.87. The molecule has 0 aromatic heterocycles. The van der Waals surface area contributed by atoms with Crippen molar-refractivity contribution in [3.63, 3.8) is 0 Å². The van der Waals surface area contributed by atoms with Crippen molar-refractivity contribution < 1.29 is 18.7 Å². The molecule has 0 aliphatic carbocycles. The summed E-state index contributed by atoms with van der Waals surface area (Å²) in [4.78, 5) is 30.6. The Bertz CT molecular complexity index is 860. The fourth-order valence-corrected chi connectivity index (χ4v) is 3.38. The summed E-state index contributed by atoms with van der Waals surface area (Å²) in [5.41, 5.74) is 1.18. The van der Waals surface area contributed by atoms with Gasteiger partial charge < -0.3 is 14.5 Å². The number of carbonyl (C=O) groups excluding carboxylic acids is 2. The highest BCUT2D eigenvalue weighted by atomic mass is 19.1. The van der Waals surface area contributed by atoms with Crippen LogP contribution in [0.1, 0.15) is 22.3 Å². The van der Waals surface area contributed by atoms with Crippen LogP contribution in [0.25, 0.3) is 0 Å². The molecule has 0 bridgehead atoms. The van der Waals surface area contributed by atoms with Crippen molar-refractivity contribution in [3.8, 4) is 0 Å². The maximum atomic E-state index is 14.7. The Kier molecular flexibility index (Phi) is 6.82. The predicted molar refractivity (Wildman–Crippen MR) is 109 cm³/mol. The Hall–Kier alpha value is -2.93. The molecule has 7 heteroatoms. The van der Waals surface area contributed by atoms with Crippen LogP contribution < -0.4 is 4.90 Å². The number of anilines is 1. The lowest BCUT2D eigenvalue weighted by molar-refractivity contribution is 0.0600. The zero-order chi connectivity index (χ0) is 20.8. The number of likely N-dealkylation sites (N-methyl/N-ethyl adjacent to an activating group) is 1. The van der Waals surface area contributed by atoms with E-state index in [4.69, 9.17) is 0 Å². The molecule has 29 heavy (non-hydrogen) atoms. The number of ether oxygens (including phenoxy) is 1. The maximum Gasteiger partial charge on any atom is 0.337 e. The molecule has 154 valence electrons. The lowest BCUT2D eigenvalue weighted by atomic mass is 10.1. The zero-order valence-corrected chi connectivity index (χ0v) is 16.8. The number of urea groups is 1. The van der Waals surface area contributed by atoms with Crippen LogP contribution in [0.4, 0.5) is 14.9 Å². The van der Waals surface area contributed by atoms with Crippen molar-refractivity contribution >= 4 is 17.7 Å². The molecule has 0 atom stereocenters. The summed E-state index contributed by atoms with van der Waals surface area (Å²) >= 11 is 0. The Morgan fingerprint density at radius 1 is 1.07 bits per heavy atom. The summed E-state index contributed by atoms with van der Waals surface area (Å²) in [5, 5.41) is 0. The third kappa shape index (κ3) is 5.12. The van der Waals surface area contributed by atoms with Crippen LogP contribution in [-0.2, 0) is 11.3 Å². The molecule has 1 aliphatic rings. The first-order valence-electron chi connectivity index (χ1n) is 9.66. The average Bonchev–Trinajstić information content (AvgIpc) is 2.97. The quantitative estimate of drug-likeness (QED) is 0.740. The summed E-state index contributed by atoms with van der Waals surface area (Å²) in [6.45, 7) is 3.11. The molecule has 3 rings (SSSR count). The van der Waals surface area contributed by atoms with E-state index >= 15 is 0 Å². The number of amides is 2. The summed E-state index contributed by atoms with van der Waals surface area (Å²) in [7, 11) is 3.30. The number of benzene rings is 2. The Morgan fingerprint density at radius 3 is 2.52 bits per heavy atom. The molecule has 0 saturated carbocycles. The van der Waals surface area contributed by atoms with Crippen LogP contribution in [0.5, 0.6) is 0 Å². The van der Waals surface area contributed by atoms with E-state index in [2.05, 4.69) is 9.64 Å². The van der Waals surface area contributed by atoms with E-state index in [1.54, 1.807) is 4.90 Å². The number of carbonyl (C=O) groups is 2. The second-order valence-electron chi connectivity index (χ2n) is 7.15. The van der Waals surface area contributed by atoms with Crippen LogP contribution in [0.2, 0.25) is 0 Å². The van der Waals surface area contributed by atoms with E-state index in [1.165, 1.54) is 19.2 Å². The van der Waals surface area contributed by atoms with Gasteiger partial charge >= 0.3 is 12.0 Å². The van der Waals surface area contributed by atoms with E-state index in [9.17, 15) is 14.0 Å². The molecule has 1 fully saturated rings. The maximum absolute atomic E-state index is 14.7. The van der Waals surface area contributed by atoms with E-state index in [0.29, 0.717) is 24.3 Å². The number of halogens is 1. The molecule has 0 unspecified atom stereocenters. The lowest BCUT2D eigenvalue weighted by Crippen LogP contribution is -2.44. The minimum absolute atomic E-state index is 0.0719. The van der Waals surface area contributed by atoms with Gasteiger partial charge in [-0.3, -0.25) is 4.90 Å². The third-order valence-electron chi connectivity index (χ3n) is 5.09. The van der Waals surface area contributed by atoms with Crippen LogP contribution >= 0.6 is 0 Å². The fraction of sp³-hybridized carbons (Fsp3) is 0.364. The van der Waals surface area contributed by atoms with E-state index in [1.807, 2.05) is 42.3 Å². The van der Waals surface area contributed by atoms with Gasteiger partial charge in [0.1, 0.15) is 5.82 Å². The minimum Gasteiger partial charge on any atom is -0.465 e. The topological polar surface area (TPSA) is 53.1 Å². The Morgan fingerprint density at radius 2 is 1.83 bits per heavy atom. The van der Waals surface area contributed by atoms with Gasteiger partial charge in [-0.2, -0.15) is 0 Å². The molecule has 6 nitrogen and oxygen atoms in total. The summed E-state index contributed by atoms with van der Waals surface area (Å²) < 4.78 is 19.3. The molecule has 1 aliphatic heterocycles. The standard InChI is InChI=1S/C22H26FN3O3/c1-24-11-6-12-25(14-13-24)22(28)26(19-7-4-3-5-8-19)16-18-10-9-17(15-20(18)23)21(27)29-2/h3-5,7-10,15H,6,11-14,16H2,1-2H3. The van der Waals surface area contributed by atoms with Gasteiger partial charge in [-0.05, 0) is 44.3 Å². The molecule has 0 radical (unpaired) electrons. The van der Waals surface area contributed by atoms with Crippen LogP contribution in [0.15, 0.2) is 48.5 Å². The highest BCUT2D eigenvalue weighted by Crippen LogP contribution is 2.22. The zero-order valence-electron chi connectivity index (χ0n) is 16.8. The predicted octanol–water partition coefficient (Wildman–Crippen LogP) is 3.38. The molecular formula is C22H26FN3O3. The first-order valence-corrected chi connectivity index (χ1v) is 9.66. The number of rotatable bonds is 4. The third-order valence-corrected chi connectivity index (χ3v) is 5.09. The van der Waals surface area contributed by atoms with Crippen LogP contribution in [0, 0.1) is 5.82 Å². The van der Waals surface area contributed by atoms with Gasteiger partial charge in [-0.1, -0.05) is 24.3 Å². The van der Waals surface area contributed by atoms with Gasteiger partial charge in [0, 0.05) is 30.9 Å².